The number of hydrogen-bond donors (Lipinski definition) is 2. The van der Waals surface area contributed by atoms with Gasteiger partial charge in [-0.25, -0.2) is 0 Å². The van der Waals surface area contributed by atoms with E-state index in [-0.39, 0.29) is 24.3 Å². The Bertz CT molecular complexity index is 922. The Kier molecular flexibility index (Phi) is 4.71. The van der Waals surface area contributed by atoms with E-state index in [1.54, 1.807) is 4.68 Å². The van der Waals surface area contributed by atoms with Crippen LogP contribution in [0, 0.1) is 6.92 Å². The van der Waals surface area contributed by atoms with Crippen molar-refractivity contribution < 1.29 is 14.7 Å². The van der Waals surface area contributed by atoms with Gasteiger partial charge in [0, 0.05) is 18.8 Å². The second-order valence-electron chi connectivity index (χ2n) is 8.07. The first-order valence-electron chi connectivity index (χ1n) is 9.74. The lowest BCUT2D eigenvalue weighted by atomic mass is 9.77. The van der Waals surface area contributed by atoms with E-state index in [1.165, 1.54) is 11.8 Å². The van der Waals surface area contributed by atoms with Gasteiger partial charge in [0.05, 0.1) is 36.4 Å². The monoisotopic (exact) mass is 382 g/mol. The summed E-state index contributed by atoms with van der Waals surface area (Å²) < 4.78 is 1.62. The van der Waals surface area contributed by atoms with E-state index in [2.05, 4.69) is 16.5 Å². The van der Waals surface area contributed by atoms with Gasteiger partial charge < -0.3 is 15.3 Å². The molecule has 1 saturated heterocycles. The predicted octanol–water partition coefficient (Wildman–Crippen LogP) is 1.24. The van der Waals surface area contributed by atoms with Crippen molar-refractivity contribution in [3.05, 3.63) is 52.8 Å². The van der Waals surface area contributed by atoms with Gasteiger partial charge in [-0.1, -0.05) is 24.3 Å². The maximum Gasteiger partial charge on any atom is 0.255 e. The van der Waals surface area contributed by atoms with E-state index in [1.807, 2.05) is 36.9 Å². The van der Waals surface area contributed by atoms with Crippen LogP contribution in [-0.2, 0) is 17.8 Å². The van der Waals surface area contributed by atoms with Gasteiger partial charge in [-0.05, 0) is 37.8 Å². The molecule has 2 aliphatic rings. The molecule has 1 fully saturated rings. The van der Waals surface area contributed by atoms with Crippen molar-refractivity contribution in [2.75, 3.05) is 19.7 Å². The molecule has 1 aliphatic heterocycles. The fourth-order valence-electron chi connectivity index (χ4n) is 4.28. The van der Waals surface area contributed by atoms with Gasteiger partial charge in [0.2, 0.25) is 5.91 Å². The highest BCUT2D eigenvalue weighted by Crippen LogP contribution is 2.37. The summed E-state index contributed by atoms with van der Waals surface area (Å²) in [5.74, 6) is -0.0793. The van der Waals surface area contributed by atoms with Crippen molar-refractivity contribution in [1.29, 1.82) is 0 Å². The van der Waals surface area contributed by atoms with E-state index in [9.17, 15) is 9.59 Å². The molecular formula is C21H26N4O3. The standard InChI is InChI=1S/C21H26N4O3/c1-14-18(12-22-25(14)9-10-26)19(27)23-21(2)7-8-24(13-21)20(28)17-11-15-5-3-4-6-16(15)17/h3-6,12,17,26H,7-11,13H2,1-2H3,(H,23,27)/t17?,21-/m0/s1. The molecule has 2 aromatic rings. The zero-order valence-corrected chi connectivity index (χ0v) is 16.3. The molecule has 4 rings (SSSR count). The number of likely N-dealkylation sites (tertiary alicyclic amines) is 1. The molecule has 2 N–H and O–H groups in total. The van der Waals surface area contributed by atoms with Crippen LogP contribution in [0.4, 0.5) is 0 Å². The lowest BCUT2D eigenvalue weighted by Crippen LogP contribution is -2.49. The number of hydrogen-bond acceptors (Lipinski definition) is 4. The Labute approximate surface area is 164 Å². The van der Waals surface area contributed by atoms with Crippen LogP contribution in [0.25, 0.3) is 0 Å². The average Bonchev–Trinajstić information content (AvgIpc) is 3.20. The molecule has 0 bridgehead atoms. The van der Waals surface area contributed by atoms with E-state index < -0.39 is 5.54 Å². The molecule has 1 aromatic heterocycles. The molecule has 0 spiro atoms. The normalized spacial score (nSPS) is 23.2. The lowest BCUT2D eigenvalue weighted by molar-refractivity contribution is -0.132. The number of benzene rings is 1. The van der Waals surface area contributed by atoms with Crippen molar-refractivity contribution in [3.8, 4) is 0 Å². The number of rotatable bonds is 5. The van der Waals surface area contributed by atoms with Crippen LogP contribution in [0.2, 0.25) is 0 Å². The van der Waals surface area contributed by atoms with Crippen molar-refractivity contribution in [2.45, 2.75) is 44.7 Å². The zero-order valence-electron chi connectivity index (χ0n) is 16.3. The molecule has 1 unspecified atom stereocenters. The lowest BCUT2D eigenvalue weighted by Gasteiger charge is -2.33. The second kappa shape index (κ2) is 7.05. The summed E-state index contributed by atoms with van der Waals surface area (Å²) in [6.45, 7) is 5.31. The van der Waals surface area contributed by atoms with Gasteiger partial charge in [-0.15, -0.1) is 0 Å². The van der Waals surface area contributed by atoms with Crippen LogP contribution in [0.15, 0.2) is 30.5 Å². The number of carbonyl (C=O) groups excluding carboxylic acids is 2. The number of nitrogens with one attached hydrogen (secondary N) is 1. The highest BCUT2D eigenvalue weighted by atomic mass is 16.3. The number of aromatic nitrogens is 2. The molecule has 1 aliphatic carbocycles. The minimum atomic E-state index is -0.457. The predicted molar refractivity (Wildman–Crippen MR) is 104 cm³/mol. The Morgan fingerprint density at radius 2 is 2.14 bits per heavy atom. The van der Waals surface area contributed by atoms with Gasteiger partial charge in [-0.3, -0.25) is 14.3 Å². The first-order valence-corrected chi connectivity index (χ1v) is 9.74. The van der Waals surface area contributed by atoms with Crippen LogP contribution in [0.1, 0.15) is 46.4 Å². The number of aliphatic hydroxyl groups excluding tert-OH is 1. The Balaban J connectivity index is 1.40. The maximum atomic E-state index is 12.9. The first-order chi connectivity index (χ1) is 13.4. The van der Waals surface area contributed by atoms with E-state index >= 15 is 0 Å². The minimum Gasteiger partial charge on any atom is -0.394 e. The molecule has 28 heavy (non-hydrogen) atoms. The average molecular weight is 382 g/mol. The van der Waals surface area contributed by atoms with Crippen molar-refractivity contribution >= 4 is 11.8 Å². The Morgan fingerprint density at radius 1 is 1.36 bits per heavy atom. The number of aliphatic hydroxyl groups is 1. The molecule has 0 radical (unpaired) electrons. The molecule has 7 nitrogen and oxygen atoms in total. The molecule has 2 heterocycles. The second-order valence-corrected chi connectivity index (χ2v) is 8.07. The van der Waals surface area contributed by atoms with Crippen molar-refractivity contribution in [1.82, 2.24) is 20.0 Å². The van der Waals surface area contributed by atoms with Crippen molar-refractivity contribution in [2.24, 2.45) is 0 Å². The summed E-state index contributed by atoms with van der Waals surface area (Å²) in [5, 5.41) is 16.3. The number of amides is 2. The summed E-state index contributed by atoms with van der Waals surface area (Å²) in [5.41, 5.74) is 3.17. The van der Waals surface area contributed by atoms with Crippen LogP contribution in [0.3, 0.4) is 0 Å². The van der Waals surface area contributed by atoms with Crippen molar-refractivity contribution in [3.63, 3.8) is 0 Å². The van der Waals surface area contributed by atoms with E-state index in [4.69, 9.17) is 5.11 Å². The van der Waals surface area contributed by atoms with Crippen LogP contribution < -0.4 is 5.32 Å². The molecule has 1 aromatic carbocycles. The van der Waals surface area contributed by atoms with Crippen LogP contribution in [-0.4, -0.2) is 56.8 Å². The molecule has 0 saturated carbocycles. The third-order valence-electron chi connectivity index (χ3n) is 6.01. The third kappa shape index (κ3) is 3.20. The minimum absolute atomic E-state index is 0.0251. The Morgan fingerprint density at radius 3 is 2.89 bits per heavy atom. The fourth-order valence-corrected chi connectivity index (χ4v) is 4.28. The Hall–Kier alpha value is -2.67. The summed E-state index contributed by atoms with van der Waals surface area (Å²) in [6, 6.07) is 8.09. The maximum absolute atomic E-state index is 12.9. The molecular weight excluding hydrogens is 356 g/mol. The highest BCUT2D eigenvalue weighted by molar-refractivity contribution is 5.95. The quantitative estimate of drug-likeness (QED) is 0.815. The van der Waals surface area contributed by atoms with Gasteiger partial charge in [0.25, 0.3) is 5.91 Å². The largest absolute Gasteiger partial charge is 0.394 e. The molecule has 7 heteroatoms. The fraction of sp³-hybridized carbons (Fsp3) is 0.476. The molecule has 2 atom stereocenters. The summed E-state index contributed by atoms with van der Waals surface area (Å²) >= 11 is 0. The summed E-state index contributed by atoms with van der Waals surface area (Å²) in [6.07, 6.45) is 3.06. The zero-order chi connectivity index (χ0) is 19.9. The summed E-state index contributed by atoms with van der Waals surface area (Å²) in [7, 11) is 0. The summed E-state index contributed by atoms with van der Waals surface area (Å²) in [4.78, 5) is 27.6. The topological polar surface area (TPSA) is 87.5 Å². The molecule has 148 valence electrons. The smallest absolute Gasteiger partial charge is 0.255 e. The number of fused-ring (bicyclic) bond motifs is 1. The molecule has 2 amide bonds. The van der Waals surface area contributed by atoms with Gasteiger partial charge in [0.15, 0.2) is 0 Å². The first kappa shape index (κ1) is 18.7. The SMILES string of the molecule is Cc1c(C(=O)N[C@@]2(C)CCN(C(=O)C3Cc4ccccc43)C2)cnn1CCO. The van der Waals surface area contributed by atoms with Crippen LogP contribution >= 0.6 is 0 Å². The van der Waals surface area contributed by atoms with Gasteiger partial charge >= 0.3 is 0 Å². The number of carbonyl (C=O) groups is 2. The van der Waals surface area contributed by atoms with E-state index in [0.717, 1.165) is 24.1 Å². The number of nitrogens with zero attached hydrogens (tertiary/aromatic N) is 3. The van der Waals surface area contributed by atoms with Crippen LogP contribution in [0.5, 0.6) is 0 Å². The third-order valence-corrected chi connectivity index (χ3v) is 6.01. The van der Waals surface area contributed by atoms with E-state index in [0.29, 0.717) is 25.2 Å². The van der Waals surface area contributed by atoms with Gasteiger partial charge in [0.1, 0.15) is 0 Å². The van der Waals surface area contributed by atoms with Gasteiger partial charge in [-0.2, -0.15) is 5.10 Å². The highest BCUT2D eigenvalue weighted by Gasteiger charge is 2.42.